The van der Waals surface area contributed by atoms with Gasteiger partial charge in [-0.05, 0) is 35.4 Å². The van der Waals surface area contributed by atoms with Gasteiger partial charge in [0.05, 0.1) is 10.6 Å². The van der Waals surface area contributed by atoms with Gasteiger partial charge in [0.1, 0.15) is 0 Å². The minimum Gasteiger partial charge on any atom is -0.329 e. The average Bonchev–Trinajstić information content (AvgIpc) is 3.29. The maximum Gasteiger partial charge on any atom is 0.471 e. The third-order valence-electron chi connectivity index (χ3n) is 4.53. The molecular weight excluding hydrogens is 455 g/mol. The summed E-state index contributed by atoms with van der Waals surface area (Å²) in [6, 6.07) is 22.3. The summed E-state index contributed by atoms with van der Waals surface area (Å²) >= 11 is 0. The topological polar surface area (TPSA) is 85.1 Å². The van der Waals surface area contributed by atoms with Crippen LogP contribution in [0.5, 0.6) is 0 Å². The van der Waals surface area contributed by atoms with E-state index in [0.29, 0.717) is 11.3 Å². The quantitative estimate of drug-likeness (QED) is 0.388. The van der Waals surface area contributed by atoms with Crippen LogP contribution in [-0.4, -0.2) is 18.6 Å². The molecule has 1 aromatic heterocycles. The summed E-state index contributed by atoms with van der Waals surface area (Å²) in [5.41, 5.74) is 2.41. The molecule has 6 nitrogen and oxygen atoms in total. The standard InChI is InChI=1S/C23H16F3N3O3S/c24-23(25,26)22-27-21(28-32-22)14-13-16-7-6-10-18(15-16)33(30,31)29-20-12-5-4-11-19(20)17-8-2-1-3-9-17/h1-15,29H/b14-13+. The van der Waals surface area contributed by atoms with E-state index < -0.39 is 22.1 Å². The number of nitrogens with zero attached hydrogens (tertiary/aromatic N) is 2. The number of rotatable bonds is 6. The molecule has 0 radical (unpaired) electrons. The molecule has 4 rings (SSSR count). The molecule has 33 heavy (non-hydrogen) atoms. The number of sulfonamides is 1. The van der Waals surface area contributed by atoms with Gasteiger partial charge in [0, 0.05) is 5.56 Å². The second-order valence-electron chi connectivity index (χ2n) is 6.88. The molecule has 0 saturated carbocycles. The highest BCUT2D eigenvalue weighted by atomic mass is 32.2. The number of anilines is 1. The van der Waals surface area contributed by atoms with Crippen LogP contribution >= 0.6 is 0 Å². The van der Waals surface area contributed by atoms with Gasteiger partial charge < -0.3 is 4.52 Å². The van der Waals surface area contributed by atoms with Crippen molar-refractivity contribution in [3.63, 3.8) is 0 Å². The first-order valence-corrected chi connectivity index (χ1v) is 11.1. The Morgan fingerprint density at radius 3 is 2.33 bits per heavy atom. The highest BCUT2D eigenvalue weighted by molar-refractivity contribution is 7.92. The second kappa shape index (κ2) is 8.91. The van der Waals surface area contributed by atoms with Crippen LogP contribution in [0.25, 0.3) is 23.3 Å². The Labute approximate surface area is 187 Å². The number of hydrogen-bond donors (Lipinski definition) is 1. The predicted octanol–water partition coefficient (Wildman–Crippen LogP) is 5.73. The van der Waals surface area contributed by atoms with Crippen LogP contribution < -0.4 is 4.72 Å². The Balaban J connectivity index is 1.58. The summed E-state index contributed by atoms with van der Waals surface area (Å²) in [5, 5.41) is 3.24. The predicted molar refractivity (Wildman–Crippen MR) is 117 cm³/mol. The largest absolute Gasteiger partial charge is 0.471 e. The van der Waals surface area contributed by atoms with E-state index >= 15 is 0 Å². The SMILES string of the molecule is O=S(=O)(Nc1ccccc1-c1ccccc1)c1cccc(/C=C/c2noc(C(F)(F)F)n2)c1. The van der Waals surface area contributed by atoms with E-state index in [4.69, 9.17) is 0 Å². The first-order chi connectivity index (χ1) is 15.7. The van der Waals surface area contributed by atoms with Crippen molar-refractivity contribution in [2.45, 2.75) is 11.1 Å². The molecule has 0 amide bonds. The molecule has 3 aromatic carbocycles. The van der Waals surface area contributed by atoms with Crippen molar-refractivity contribution in [1.29, 1.82) is 0 Å². The fourth-order valence-corrected chi connectivity index (χ4v) is 4.15. The van der Waals surface area contributed by atoms with Gasteiger partial charge in [-0.2, -0.15) is 18.2 Å². The van der Waals surface area contributed by atoms with Gasteiger partial charge in [-0.15, -0.1) is 0 Å². The first kappa shape index (κ1) is 22.3. The molecule has 0 spiro atoms. The molecule has 1 N–H and O–H groups in total. The molecule has 0 saturated heterocycles. The normalized spacial score (nSPS) is 12.2. The second-order valence-corrected chi connectivity index (χ2v) is 8.56. The number of hydrogen-bond acceptors (Lipinski definition) is 5. The molecule has 0 fully saturated rings. The lowest BCUT2D eigenvalue weighted by atomic mass is 10.0. The zero-order chi connectivity index (χ0) is 23.5. The Morgan fingerprint density at radius 1 is 0.879 bits per heavy atom. The van der Waals surface area contributed by atoms with Gasteiger partial charge in [-0.25, -0.2) is 8.42 Å². The van der Waals surface area contributed by atoms with Crippen molar-refractivity contribution in [1.82, 2.24) is 10.1 Å². The molecule has 4 aromatic rings. The van der Waals surface area contributed by atoms with Crippen LogP contribution in [-0.2, 0) is 16.2 Å². The number of alkyl halides is 3. The number of benzene rings is 3. The average molecular weight is 471 g/mol. The van der Waals surface area contributed by atoms with Crippen molar-refractivity contribution >= 4 is 27.9 Å². The maximum atomic E-state index is 13.0. The third-order valence-corrected chi connectivity index (χ3v) is 5.90. The first-order valence-electron chi connectivity index (χ1n) is 9.59. The van der Waals surface area contributed by atoms with Crippen LogP contribution in [0.3, 0.4) is 0 Å². The van der Waals surface area contributed by atoms with Crippen molar-refractivity contribution in [2.75, 3.05) is 4.72 Å². The zero-order valence-electron chi connectivity index (χ0n) is 16.8. The minimum absolute atomic E-state index is 0.0170. The summed E-state index contributed by atoms with van der Waals surface area (Å²) in [5.74, 6) is -1.75. The van der Waals surface area contributed by atoms with Crippen LogP contribution in [0.4, 0.5) is 18.9 Å². The van der Waals surface area contributed by atoms with E-state index in [1.165, 1.54) is 30.4 Å². The van der Waals surface area contributed by atoms with Crippen LogP contribution in [0.2, 0.25) is 0 Å². The number of aromatic nitrogens is 2. The van der Waals surface area contributed by atoms with Gasteiger partial charge in [-0.1, -0.05) is 71.9 Å². The lowest BCUT2D eigenvalue weighted by molar-refractivity contribution is -0.159. The van der Waals surface area contributed by atoms with Gasteiger partial charge in [0.2, 0.25) is 0 Å². The summed E-state index contributed by atoms with van der Waals surface area (Å²) in [6.45, 7) is 0. The summed E-state index contributed by atoms with van der Waals surface area (Å²) < 4.78 is 70.5. The molecule has 1 heterocycles. The molecule has 10 heteroatoms. The van der Waals surface area contributed by atoms with E-state index in [-0.39, 0.29) is 10.7 Å². The molecule has 0 unspecified atom stereocenters. The fraction of sp³-hybridized carbons (Fsp3) is 0.0435. The van der Waals surface area contributed by atoms with E-state index in [9.17, 15) is 21.6 Å². The molecule has 0 bridgehead atoms. The highest BCUT2D eigenvalue weighted by Crippen LogP contribution is 2.30. The number of halogens is 3. The number of nitrogens with one attached hydrogen (secondary N) is 1. The monoisotopic (exact) mass is 471 g/mol. The van der Waals surface area contributed by atoms with Crippen LogP contribution in [0.1, 0.15) is 17.3 Å². The molecule has 0 aliphatic carbocycles. The molecule has 0 aliphatic heterocycles. The Bertz CT molecular complexity index is 1400. The van der Waals surface area contributed by atoms with E-state index in [1.54, 1.807) is 18.2 Å². The van der Waals surface area contributed by atoms with Crippen molar-refractivity contribution in [3.8, 4) is 11.1 Å². The van der Waals surface area contributed by atoms with Gasteiger partial charge in [0.15, 0.2) is 5.82 Å². The summed E-state index contributed by atoms with van der Waals surface area (Å²) in [7, 11) is -3.95. The summed E-state index contributed by atoms with van der Waals surface area (Å²) in [4.78, 5) is 3.22. The van der Waals surface area contributed by atoms with Crippen molar-refractivity contribution < 1.29 is 26.1 Å². The molecule has 0 atom stereocenters. The minimum atomic E-state index is -4.74. The zero-order valence-corrected chi connectivity index (χ0v) is 17.6. The maximum absolute atomic E-state index is 13.0. The smallest absolute Gasteiger partial charge is 0.329 e. The van der Waals surface area contributed by atoms with E-state index in [2.05, 4.69) is 19.4 Å². The van der Waals surface area contributed by atoms with Gasteiger partial charge in [-0.3, -0.25) is 4.72 Å². The van der Waals surface area contributed by atoms with Crippen LogP contribution in [0, 0.1) is 0 Å². The van der Waals surface area contributed by atoms with Gasteiger partial charge >= 0.3 is 12.1 Å². The fourth-order valence-electron chi connectivity index (χ4n) is 3.02. The molecular formula is C23H16F3N3O3S. The third kappa shape index (κ3) is 5.29. The lowest BCUT2D eigenvalue weighted by Gasteiger charge is -2.13. The summed E-state index contributed by atoms with van der Waals surface area (Å²) in [6.07, 6.45) is -2.15. The highest BCUT2D eigenvalue weighted by Gasteiger charge is 2.38. The Hall–Kier alpha value is -3.92. The lowest BCUT2D eigenvalue weighted by Crippen LogP contribution is -2.13. The van der Waals surface area contributed by atoms with Crippen molar-refractivity contribution in [2.24, 2.45) is 0 Å². The Morgan fingerprint density at radius 2 is 1.61 bits per heavy atom. The van der Waals surface area contributed by atoms with Gasteiger partial charge in [0.25, 0.3) is 10.0 Å². The van der Waals surface area contributed by atoms with Crippen molar-refractivity contribution in [3.05, 3.63) is 96.1 Å². The number of para-hydroxylation sites is 1. The van der Waals surface area contributed by atoms with E-state index in [1.807, 2.05) is 42.5 Å². The Kier molecular flexibility index (Phi) is 6.01. The van der Waals surface area contributed by atoms with Crippen LogP contribution in [0.15, 0.2) is 88.3 Å². The van der Waals surface area contributed by atoms with E-state index in [0.717, 1.165) is 11.1 Å². The molecule has 0 aliphatic rings. The molecule has 168 valence electrons.